The number of hydrogen-bond acceptors (Lipinski definition) is 3. The Kier molecular flexibility index (Phi) is 8.19. The van der Waals surface area contributed by atoms with Gasteiger partial charge >= 0.3 is 0 Å². The van der Waals surface area contributed by atoms with Crippen LogP contribution < -0.4 is 5.32 Å². The van der Waals surface area contributed by atoms with Gasteiger partial charge in [-0.15, -0.1) is 11.8 Å². The van der Waals surface area contributed by atoms with Crippen LogP contribution in [0.2, 0.25) is 0 Å². The third-order valence-electron chi connectivity index (χ3n) is 3.78. The van der Waals surface area contributed by atoms with Gasteiger partial charge in [0.2, 0.25) is 11.8 Å². The number of anilines is 1. The summed E-state index contributed by atoms with van der Waals surface area (Å²) in [5, 5.41) is 2.89. The summed E-state index contributed by atoms with van der Waals surface area (Å²) in [4.78, 5) is 27.5. The second-order valence-corrected chi connectivity index (χ2v) is 7.89. The molecule has 0 spiro atoms. The number of benzene rings is 2. The molecular weight excluding hydrogens is 412 g/mol. The van der Waals surface area contributed by atoms with Crippen LogP contribution in [0.25, 0.3) is 0 Å². The van der Waals surface area contributed by atoms with Crippen LogP contribution in [0, 0.1) is 6.92 Å². The van der Waals surface area contributed by atoms with Crippen LogP contribution in [0.3, 0.4) is 0 Å². The average Bonchev–Trinajstić information content (AvgIpc) is 2.62. The molecule has 0 heterocycles. The van der Waals surface area contributed by atoms with Gasteiger partial charge in [-0.2, -0.15) is 0 Å². The fraction of sp³-hybridized carbons (Fsp3) is 0.300. The first kappa shape index (κ1) is 20.5. The lowest BCUT2D eigenvalue weighted by Gasteiger charge is -2.21. The lowest BCUT2D eigenvalue weighted by atomic mass is 10.2. The standard InChI is InChI=1S/C20H23BrN2O2S/c1-3-12-23(13-19(24)22-18-7-5-4-6-15(18)2)20(25)14-26-17-10-8-16(21)9-11-17/h4-11H,3,12-14H2,1-2H3,(H,22,24). The van der Waals surface area contributed by atoms with Crippen molar-refractivity contribution in [3.63, 3.8) is 0 Å². The van der Waals surface area contributed by atoms with E-state index in [1.807, 2.05) is 62.4 Å². The van der Waals surface area contributed by atoms with Crippen molar-refractivity contribution in [1.82, 2.24) is 4.90 Å². The Labute approximate surface area is 167 Å². The minimum Gasteiger partial charge on any atom is -0.333 e. The van der Waals surface area contributed by atoms with E-state index in [1.165, 1.54) is 11.8 Å². The second kappa shape index (κ2) is 10.4. The third kappa shape index (κ3) is 6.50. The summed E-state index contributed by atoms with van der Waals surface area (Å²) >= 11 is 4.88. The highest BCUT2D eigenvalue weighted by Gasteiger charge is 2.17. The molecule has 0 aliphatic carbocycles. The zero-order valence-electron chi connectivity index (χ0n) is 15.0. The monoisotopic (exact) mass is 434 g/mol. The van der Waals surface area contributed by atoms with Gasteiger partial charge < -0.3 is 10.2 Å². The zero-order valence-corrected chi connectivity index (χ0v) is 17.4. The number of halogens is 1. The van der Waals surface area contributed by atoms with E-state index in [-0.39, 0.29) is 18.4 Å². The Morgan fingerprint density at radius 1 is 1.12 bits per heavy atom. The zero-order chi connectivity index (χ0) is 18.9. The highest BCUT2D eigenvalue weighted by molar-refractivity contribution is 9.10. The van der Waals surface area contributed by atoms with Crippen molar-refractivity contribution in [2.75, 3.05) is 24.2 Å². The van der Waals surface area contributed by atoms with Gasteiger partial charge in [-0.1, -0.05) is 41.1 Å². The number of aryl methyl sites for hydroxylation is 1. The molecule has 2 rings (SSSR count). The fourth-order valence-electron chi connectivity index (χ4n) is 2.41. The molecule has 0 aliphatic heterocycles. The maximum Gasteiger partial charge on any atom is 0.244 e. The molecule has 4 nitrogen and oxygen atoms in total. The summed E-state index contributed by atoms with van der Waals surface area (Å²) in [6, 6.07) is 15.5. The molecule has 0 unspecified atom stereocenters. The number of carbonyl (C=O) groups excluding carboxylic acids is 2. The van der Waals surface area contributed by atoms with E-state index in [9.17, 15) is 9.59 Å². The normalized spacial score (nSPS) is 10.4. The van der Waals surface area contributed by atoms with Gasteiger partial charge in [-0.25, -0.2) is 0 Å². The minimum absolute atomic E-state index is 0.0281. The van der Waals surface area contributed by atoms with Gasteiger partial charge in [0.15, 0.2) is 0 Å². The van der Waals surface area contributed by atoms with Crippen LogP contribution in [0.5, 0.6) is 0 Å². The number of carbonyl (C=O) groups is 2. The van der Waals surface area contributed by atoms with Crippen molar-refractivity contribution >= 4 is 45.2 Å². The molecule has 1 N–H and O–H groups in total. The number of amides is 2. The molecule has 26 heavy (non-hydrogen) atoms. The Balaban J connectivity index is 1.91. The predicted molar refractivity (Wildman–Crippen MR) is 112 cm³/mol. The van der Waals surface area contributed by atoms with Crippen molar-refractivity contribution in [2.45, 2.75) is 25.2 Å². The van der Waals surface area contributed by atoms with Crippen LogP contribution in [0.4, 0.5) is 5.69 Å². The largest absolute Gasteiger partial charge is 0.333 e. The van der Waals surface area contributed by atoms with Crippen molar-refractivity contribution in [3.8, 4) is 0 Å². The highest BCUT2D eigenvalue weighted by Crippen LogP contribution is 2.21. The maximum atomic E-state index is 12.5. The van der Waals surface area contributed by atoms with Gasteiger partial charge in [0.1, 0.15) is 0 Å². The number of thioether (sulfide) groups is 1. The van der Waals surface area contributed by atoms with Crippen LogP contribution in [0.15, 0.2) is 57.9 Å². The number of rotatable bonds is 8. The first-order valence-corrected chi connectivity index (χ1v) is 10.3. The van der Waals surface area contributed by atoms with E-state index >= 15 is 0 Å². The van der Waals surface area contributed by atoms with Crippen LogP contribution in [-0.2, 0) is 9.59 Å². The van der Waals surface area contributed by atoms with Crippen molar-refractivity contribution in [3.05, 3.63) is 58.6 Å². The molecule has 0 radical (unpaired) electrons. The molecule has 0 saturated carbocycles. The lowest BCUT2D eigenvalue weighted by Crippen LogP contribution is -2.39. The molecule has 138 valence electrons. The molecule has 0 saturated heterocycles. The highest BCUT2D eigenvalue weighted by atomic mass is 79.9. The van der Waals surface area contributed by atoms with Crippen molar-refractivity contribution < 1.29 is 9.59 Å². The van der Waals surface area contributed by atoms with Crippen molar-refractivity contribution in [1.29, 1.82) is 0 Å². The molecule has 0 fully saturated rings. The van der Waals surface area contributed by atoms with Gasteiger partial charge in [0, 0.05) is 21.6 Å². The first-order chi connectivity index (χ1) is 12.5. The van der Waals surface area contributed by atoms with Gasteiger partial charge in [-0.3, -0.25) is 9.59 Å². The molecule has 0 aliphatic rings. The Morgan fingerprint density at radius 2 is 1.81 bits per heavy atom. The molecular formula is C20H23BrN2O2S. The minimum atomic E-state index is -0.172. The first-order valence-electron chi connectivity index (χ1n) is 8.51. The number of para-hydroxylation sites is 1. The van der Waals surface area contributed by atoms with E-state index in [0.29, 0.717) is 12.3 Å². The third-order valence-corrected chi connectivity index (χ3v) is 5.30. The maximum absolute atomic E-state index is 12.5. The Bertz CT molecular complexity index is 750. The molecule has 2 aromatic carbocycles. The summed E-state index contributed by atoms with van der Waals surface area (Å²) in [5.74, 6) is 0.119. The van der Waals surface area contributed by atoms with E-state index in [2.05, 4.69) is 21.2 Å². The molecule has 0 bridgehead atoms. The van der Waals surface area contributed by atoms with E-state index in [1.54, 1.807) is 4.90 Å². The van der Waals surface area contributed by atoms with Gasteiger partial charge in [0.05, 0.1) is 12.3 Å². The molecule has 2 aromatic rings. The summed E-state index contributed by atoms with van der Waals surface area (Å²) in [5.41, 5.74) is 1.78. The Morgan fingerprint density at radius 3 is 2.46 bits per heavy atom. The van der Waals surface area contributed by atoms with Gasteiger partial charge in [-0.05, 0) is 49.2 Å². The summed E-state index contributed by atoms with van der Waals surface area (Å²) in [7, 11) is 0. The lowest BCUT2D eigenvalue weighted by molar-refractivity contribution is -0.132. The second-order valence-electron chi connectivity index (χ2n) is 5.92. The predicted octanol–water partition coefficient (Wildman–Crippen LogP) is 4.73. The van der Waals surface area contributed by atoms with E-state index < -0.39 is 0 Å². The number of hydrogen-bond donors (Lipinski definition) is 1. The number of nitrogens with one attached hydrogen (secondary N) is 1. The topological polar surface area (TPSA) is 49.4 Å². The van der Waals surface area contributed by atoms with Crippen LogP contribution >= 0.6 is 27.7 Å². The van der Waals surface area contributed by atoms with Crippen molar-refractivity contribution in [2.24, 2.45) is 0 Å². The van der Waals surface area contributed by atoms with Crippen LogP contribution in [0.1, 0.15) is 18.9 Å². The molecule has 6 heteroatoms. The number of nitrogens with zero attached hydrogens (tertiary/aromatic N) is 1. The molecule has 0 atom stereocenters. The SMILES string of the molecule is CCCN(CC(=O)Nc1ccccc1C)C(=O)CSc1ccc(Br)cc1. The smallest absolute Gasteiger partial charge is 0.244 e. The molecule has 2 amide bonds. The summed E-state index contributed by atoms with van der Waals surface area (Å²) in [6.45, 7) is 4.59. The summed E-state index contributed by atoms with van der Waals surface area (Å²) < 4.78 is 1.01. The summed E-state index contributed by atoms with van der Waals surface area (Å²) in [6.07, 6.45) is 0.812. The average molecular weight is 435 g/mol. The Hall–Kier alpha value is -1.79. The van der Waals surface area contributed by atoms with E-state index in [4.69, 9.17) is 0 Å². The molecule has 0 aromatic heterocycles. The fourth-order valence-corrected chi connectivity index (χ4v) is 3.47. The quantitative estimate of drug-likeness (QED) is 0.610. The van der Waals surface area contributed by atoms with E-state index in [0.717, 1.165) is 27.0 Å². The van der Waals surface area contributed by atoms with Gasteiger partial charge in [0.25, 0.3) is 0 Å². The van der Waals surface area contributed by atoms with Crippen LogP contribution in [-0.4, -0.2) is 35.6 Å².